The number of amides is 1. The van der Waals surface area contributed by atoms with E-state index in [1.165, 1.54) is 0 Å². The van der Waals surface area contributed by atoms with Crippen LogP contribution in [0.2, 0.25) is 0 Å². The van der Waals surface area contributed by atoms with Gasteiger partial charge < -0.3 is 20.5 Å². The van der Waals surface area contributed by atoms with Gasteiger partial charge in [-0.15, -0.1) is 0 Å². The molecule has 30 heavy (non-hydrogen) atoms. The smallest absolute Gasteiger partial charge is 0.339 e. The van der Waals surface area contributed by atoms with E-state index in [9.17, 15) is 14.9 Å². The van der Waals surface area contributed by atoms with E-state index in [4.69, 9.17) is 15.2 Å². The van der Waals surface area contributed by atoms with Gasteiger partial charge in [0.1, 0.15) is 23.0 Å². The van der Waals surface area contributed by atoms with Gasteiger partial charge in [0.15, 0.2) is 5.41 Å². The molecule has 2 aliphatic heterocycles. The average molecular weight is 466 g/mol. The Bertz CT molecular complexity index is 1180. The first-order valence-corrected chi connectivity index (χ1v) is 9.91. The van der Waals surface area contributed by atoms with Crippen LogP contribution >= 0.6 is 15.9 Å². The molecule has 0 bridgehead atoms. The molecule has 4 rings (SSSR count). The van der Waals surface area contributed by atoms with E-state index in [0.29, 0.717) is 21.3 Å². The number of nitriles is 1. The van der Waals surface area contributed by atoms with Crippen molar-refractivity contribution < 1.29 is 19.1 Å². The van der Waals surface area contributed by atoms with Crippen molar-refractivity contribution in [2.45, 2.75) is 12.3 Å². The summed E-state index contributed by atoms with van der Waals surface area (Å²) in [5.41, 5.74) is 5.48. The maximum absolute atomic E-state index is 13.5. The summed E-state index contributed by atoms with van der Waals surface area (Å²) in [6, 6.07) is 15.9. The fraction of sp³-hybridized carbons (Fsp3) is 0.136. The number of nitrogens with one attached hydrogen (secondary N) is 1. The minimum atomic E-state index is -1.80. The zero-order valence-electron chi connectivity index (χ0n) is 15.9. The van der Waals surface area contributed by atoms with Crippen LogP contribution in [0, 0.1) is 11.3 Å². The molecule has 3 N–H and O–H groups in total. The average Bonchev–Trinajstić information content (AvgIpc) is 3.00. The number of nitrogens with two attached hydrogens (primary N) is 1. The molecular formula is C22H16BrN3O4. The van der Waals surface area contributed by atoms with E-state index >= 15 is 0 Å². The van der Waals surface area contributed by atoms with Crippen LogP contribution in [0.1, 0.15) is 18.1 Å². The fourth-order valence-corrected chi connectivity index (χ4v) is 4.20. The molecule has 0 saturated carbocycles. The van der Waals surface area contributed by atoms with Crippen molar-refractivity contribution in [1.82, 2.24) is 0 Å². The SMILES string of the molecule is CCOC(=O)C1=C(c2ccccc2)OC(N)=C(C#N)[C@@]12C(=O)Nc1ccc(Br)cc12. The molecule has 2 heterocycles. The maximum atomic E-state index is 13.5. The first-order chi connectivity index (χ1) is 14.4. The molecule has 0 aromatic heterocycles. The number of esters is 1. The third-order valence-electron chi connectivity index (χ3n) is 5.04. The molecule has 8 heteroatoms. The molecule has 0 fully saturated rings. The van der Waals surface area contributed by atoms with Crippen molar-refractivity contribution in [3.63, 3.8) is 0 Å². The lowest BCUT2D eigenvalue weighted by atomic mass is 9.67. The van der Waals surface area contributed by atoms with Gasteiger partial charge in [-0.05, 0) is 25.1 Å². The van der Waals surface area contributed by atoms with Crippen molar-refractivity contribution in [3.8, 4) is 6.07 Å². The van der Waals surface area contributed by atoms with Gasteiger partial charge in [-0.2, -0.15) is 5.26 Å². The molecule has 0 radical (unpaired) electrons. The molecule has 1 amide bonds. The van der Waals surface area contributed by atoms with E-state index < -0.39 is 17.3 Å². The van der Waals surface area contributed by atoms with Crippen molar-refractivity contribution >= 4 is 39.3 Å². The monoisotopic (exact) mass is 465 g/mol. The lowest BCUT2D eigenvalue weighted by Gasteiger charge is -2.34. The highest BCUT2D eigenvalue weighted by molar-refractivity contribution is 9.10. The first kappa shape index (κ1) is 19.7. The van der Waals surface area contributed by atoms with Gasteiger partial charge in [-0.1, -0.05) is 46.3 Å². The van der Waals surface area contributed by atoms with E-state index in [0.717, 1.165) is 0 Å². The minimum absolute atomic E-state index is 0.0773. The molecule has 1 spiro atoms. The van der Waals surface area contributed by atoms with Gasteiger partial charge in [-0.3, -0.25) is 4.79 Å². The highest BCUT2D eigenvalue weighted by atomic mass is 79.9. The Morgan fingerprint density at radius 2 is 2.03 bits per heavy atom. The molecule has 0 unspecified atom stereocenters. The van der Waals surface area contributed by atoms with E-state index in [-0.39, 0.29) is 29.4 Å². The Kier molecular flexibility index (Phi) is 4.84. The molecule has 2 aliphatic rings. The molecule has 7 nitrogen and oxygen atoms in total. The Balaban J connectivity index is 2.15. The number of rotatable bonds is 3. The molecule has 2 aromatic carbocycles. The number of benzene rings is 2. The third kappa shape index (κ3) is 2.70. The van der Waals surface area contributed by atoms with Crippen LogP contribution in [0.25, 0.3) is 5.76 Å². The first-order valence-electron chi connectivity index (χ1n) is 9.12. The Labute approximate surface area is 180 Å². The number of hydrogen-bond acceptors (Lipinski definition) is 6. The van der Waals surface area contributed by atoms with E-state index in [1.54, 1.807) is 55.5 Å². The lowest BCUT2D eigenvalue weighted by Crippen LogP contribution is -2.45. The summed E-state index contributed by atoms with van der Waals surface area (Å²) in [5, 5.41) is 12.7. The summed E-state index contributed by atoms with van der Waals surface area (Å²) in [5.74, 6) is -1.50. The van der Waals surface area contributed by atoms with Crippen LogP contribution < -0.4 is 11.1 Å². The molecule has 0 saturated heterocycles. The predicted octanol–water partition coefficient (Wildman–Crippen LogP) is 3.34. The third-order valence-corrected chi connectivity index (χ3v) is 5.53. The number of anilines is 1. The number of carbonyl (C=O) groups is 2. The number of carbonyl (C=O) groups excluding carboxylic acids is 2. The molecule has 0 aliphatic carbocycles. The van der Waals surface area contributed by atoms with E-state index in [1.807, 2.05) is 6.07 Å². The van der Waals surface area contributed by atoms with Crippen molar-refractivity contribution in [3.05, 3.63) is 81.2 Å². The number of ether oxygens (including phenoxy) is 2. The summed E-state index contributed by atoms with van der Waals surface area (Å²) in [6.45, 7) is 1.74. The Hall–Kier alpha value is -3.57. The maximum Gasteiger partial charge on any atom is 0.339 e. The second-order valence-electron chi connectivity index (χ2n) is 6.64. The van der Waals surface area contributed by atoms with Crippen molar-refractivity contribution in [2.24, 2.45) is 5.73 Å². The topological polar surface area (TPSA) is 114 Å². The van der Waals surface area contributed by atoms with Crippen LogP contribution in [-0.2, 0) is 24.5 Å². The van der Waals surface area contributed by atoms with Gasteiger partial charge in [0.25, 0.3) is 0 Å². The standard InChI is InChI=1S/C22H16BrN3O4/c1-2-29-20(27)17-18(12-6-4-3-5-7-12)30-19(25)15(11-24)22(17)14-10-13(23)8-9-16(14)26-21(22)28/h3-10H,2,25H2,1H3,(H,26,28)/t22-/m1/s1. The highest BCUT2D eigenvalue weighted by Crippen LogP contribution is 2.53. The van der Waals surface area contributed by atoms with Gasteiger partial charge in [0.05, 0.1) is 6.61 Å². The van der Waals surface area contributed by atoms with E-state index in [2.05, 4.69) is 21.2 Å². The second-order valence-corrected chi connectivity index (χ2v) is 7.55. The van der Waals surface area contributed by atoms with Crippen LogP contribution in [0.4, 0.5) is 5.69 Å². The highest BCUT2D eigenvalue weighted by Gasteiger charge is 2.60. The van der Waals surface area contributed by atoms with Crippen LogP contribution in [0.15, 0.2) is 70.0 Å². The summed E-state index contributed by atoms with van der Waals surface area (Å²) in [7, 11) is 0. The van der Waals surface area contributed by atoms with Crippen LogP contribution in [0.5, 0.6) is 0 Å². The zero-order chi connectivity index (χ0) is 21.5. The molecule has 150 valence electrons. The second kappa shape index (κ2) is 7.35. The number of nitrogens with zero attached hydrogens (tertiary/aromatic N) is 1. The lowest BCUT2D eigenvalue weighted by molar-refractivity contribution is -0.140. The Morgan fingerprint density at radius 3 is 2.70 bits per heavy atom. The number of fused-ring (bicyclic) bond motifs is 2. The van der Waals surface area contributed by atoms with Crippen molar-refractivity contribution in [2.75, 3.05) is 11.9 Å². The summed E-state index contributed by atoms with van der Waals surface area (Å²) in [4.78, 5) is 26.7. The predicted molar refractivity (Wildman–Crippen MR) is 112 cm³/mol. The van der Waals surface area contributed by atoms with Gasteiger partial charge >= 0.3 is 5.97 Å². The minimum Gasteiger partial charge on any atom is -0.462 e. The summed E-state index contributed by atoms with van der Waals surface area (Å²) < 4.78 is 11.7. The van der Waals surface area contributed by atoms with Crippen LogP contribution in [-0.4, -0.2) is 18.5 Å². The number of halogens is 1. The van der Waals surface area contributed by atoms with Gasteiger partial charge in [0.2, 0.25) is 11.8 Å². The summed E-state index contributed by atoms with van der Waals surface area (Å²) in [6.07, 6.45) is 0. The Morgan fingerprint density at radius 1 is 1.30 bits per heavy atom. The quantitative estimate of drug-likeness (QED) is 0.671. The zero-order valence-corrected chi connectivity index (χ0v) is 17.4. The van der Waals surface area contributed by atoms with Crippen molar-refractivity contribution in [1.29, 1.82) is 5.26 Å². The number of hydrogen-bond donors (Lipinski definition) is 2. The largest absolute Gasteiger partial charge is 0.462 e. The van der Waals surface area contributed by atoms with Gasteiger partial charge in [0, 0.05) is 21.3 Å². The van der Waals surface area contributed by atoms with Gasteiger partial charge in [-0.25, -0.2) is 4.79 Å². The summed E-state index contributed by atoms with van der Waals surface area (Å²) >= 11 is 3.41. The molecular weight excluding hydrogens is 450 g/mol. The fourth-order valence-electron chi connectivity index (χ4n) is 3.84. The van der Waals surface area contributed by atoms with Crippen LogP contribution in [0.3, 0.4) is 0 Å². The normalized spacial score (nSPS) is 19.8. The molecule has 1 atom stereocenters. The molecule has 2 aromatic rings.